The molecule has 9 heteroatoms. The Morgan fingerprint density at radius 1 is 1.53 bits per heavy atom. The zero-order chi connectivity index (χ0) is 14.0. The Balaban J connectivity index is 2.14. The first-order valence-corrected chi connectivity index (χ1v) is 6.70. The van der Waals surface area contributed by atoms with Gasteiger partial charge in [-0.3, -0.25) is 5.10 Å². The summed E-state index contributed by atoms with van der Waals surface area (Å²) in [6.07, 6.45) is 1.50. The molecule has 2 aromatic heterocycles. The first-order chi connectivity index (χ1) is 8.90. The lowest BCUT2D eigenvalue weighted by molar-refractivity contribution is 0.0656. The van der Waals surface area contributed by atoms with E-state index in [2.05, 4.69) is 14.9 Å². The lowest BCUT2D eigenvalue weighted by Crippen LogP contribution is -2.23. The summed E-state index contributed by atoms with van der Waals surface area (Å²) in [7, 11) is -3.89. The molecule has 0 aromatic carbocycles. The molecule has 2 aromatic rings. The molecule has 0 aliphatic rings. The number of nitrogens with zero attached hydrogens (tertiary/aromatic N) is 1. The van der Waals surface area contributed by atoms with Crippen molar-refractivity contribution in [3.8, 4) is 0 Å². The van der Waals surface area contributed by atoms with Crippen molar-refractivity contribution >= 4 is 16.0 Å². The van der Waals surface area contributed by atoms with Crippen LogP contribution in [0.2, 0.25) is 0 Å². The highest BCUT2D eigenvalue weighted by Crippen LogP contribution is 2.14. The third kappa shape index (κ3) is 2.83. The second kappa shape index (κ2) is 4.86. The van der Waals surface area contributed by atoms with E-state index in [0.29, 0.717) is 5.56 Å². The zero-order valence-corrected chi connectivity index (χ0v) is 10.7. The highest BCUT2D eigenvalue weighted by atomic mass is 32.2. The molecule has 0 saturated heterocycles. The molecule has 3 N–H and O–H groups in total. The number of H-pyrrole nitrogens is 1. The number of aromatic carboxylic acids is 1. The summed E-state index contributed by atoms with van der Waals surface area (Å²) in [5.74, 6) is -1.76. The highest BCUT2D eigenvalue weighted by molar-refractivity contribution is 7.89. The molecule has 8 nitrogen and oxygen atoms in total. The summed E-state index contributed by atoms with van der Waals surface area (Å²) in [5.41, 5.74) is 1.43. The maximum Gasteiger partial charge on any atom is 0.371 e. The van der Waals surface area contributed by atoms with Crippen LogP contribution in [0.5, 0.6) is 0 Å². The van der Waals surface area contributed by atoms with Crippen molar-refractivity contribution in [2.45, 2.75) is 18.6 Å². The lowest BCUT2D eigenvalue weighted by Gasteiger charge is -2.03. The highest BCUT2D eigenvalue weighted by Gasteiger charge is 2.21. The monoisotopic (exact) mass is 285 g/mol. The number of carboxylic acid groups (broad SMARTS) is 1. The Hall–Kier alpha value is -2.13. The maximum atomic E-state index is 11.8. The SMILES string of the molecule is Cc1[nH]ncc1CNS(=O)(=O)c1ccc(C(=O)O)o1. The first kappa shape index (κ1) is 13.3. The van der Waals surface area contributed by atoms with Gasteiger partial charge in [-0.2, -0.15) is 5.10 Å². The average molecular weight is 285 g/mol. The lowest BCUT2D eigenvalue weighted by atomic mass is 10.3. The van der Waals surface area contributed by atoms with Gasteiger partial charge in [0.15, 0.2) is 0 Å². The summed E-state index contributed by atoms with van der Waals surface area (Å²) in [6.45, 7) is 1.79. The molecule has 0 saturated carbocycles. The van der Waals surface area contributed by atoms with Gasteiger partial charge in [-0.1, -0.05) is 0 Å². The number of carboxylic acids is 1. The predicted octanol–water partition coefficient (Wildman–Crippen LogP) is 0.488. The molecule has 2 rings (SSSR count). The minimum absolute atomic E-state index is 0.0355. The van der Waals surface area contributed by atoms with Crippen LogP contribution < -0.4 is 4.72 Å². The third-order valence-corrected chi connectivity index (χ3v) is 3.72. The minimum atomic E-state index is -3.89. The van der Waals surface area contributed by atoms with Gasteiger partial charge in [-0.05, 0) is 19.1 Å². The van der Waals surface area contributed by atoms with E-state index in [1.807, 2.05) is 0 Å². The fourth-order valence-corrected chi connectivity index (χ4v) is 2.31. The molecular weight excluding hydrogens is 274 g/mol. The predicted molar refractivity (Wildman–Crippen MR) is 63.0 cm³/mol. The van der Waals surface area contributed by atoms with Crippen LogP contribution in [-0.4, -0.2) is 29.7 Å². The molecule has 0 radical (unpaired) electrons. The first-order valence-electron chi connectivity index (χ1n) is 5.22. The number of carbonyl (C=O) groups is 1. The summed E-state index contributed by atoms with van der Waals surface area (Å²) >= 11 is 0. The topological polar surface area (TPSA) is 125 Å². The molecule has 0 amide bonds. The van der Waals surface area contributed by atoms with Crippen molar-refractivity contribution in [2.24, 2.45) is 0 Å². The molecule has 0 fully saturated rings. The van der Waals surface area contributed by atoms with E-state index in [1.54, 1.807) is 6.92 Å². The minimum Gasteiger partial charge on any atom is -0.475 e. The molecule has 0 unspecified atom stereocenters. The third-order valence-electron chi connectivity index (χ3n) is 2.44. The van der Waals surface area contributed by atoms with E-state index in [9.17, 15) is 13.2 Å². The van der Waals surface area contributed by atoms with Crippen molar-refractivity contribution in [3.63, 3.8) is 0 Å². The van der Waals surface area contributed by atoms with E-state index in [0.717, 1.165) is 17.8 Å². The number of aromatic amines is 1. The second-order valence-electron chi connectivity index (χ2n) is 3.77. The molecule has 0 spiro atoms. The Morgan fingerprint density at radius 2 is 2.26 bits per heavy atom. The van der Waals surface area contributed by atoms with Gasteiger partial charge >= 0.3 is 5.97 Å². The van der Waals surface area contributed by atoms with Crippen molar-refractivity contribution in [3.05, 3.63) is 35.3 Å². The van der Waals surface area contributed by atoms with E-state index in [4.69, 9.17) is 9.52 Å². The molecule has 102 valence electrons. The molecule has 0 aliphatic carbocycles. The largest absolute Gasteiger partial charge is 0.475 e. The Bertz CT molecular complexity index is 700. The van der Waals surface area contributed by atoms with Crippen LogP contribution in [0.4, 0.5) is 0 Å². The number of aromatic nitrogens is 2. The van der Waals surface area contributed by atoms with Crippen LogP contribution in [0, 0.1) is 6.92 Å². The van der Waals surface area contributed by atoms with Crippen LogP contribution in [0.1, 0.15) is 21.8 Å². The van der Waals surface area contributed by atoms with Gasteiger partial charge in [0.2, 0.25) is 10.9 Å². The fourth-order valence-electron chi connectivity index (χ4n) is 1.38. The fraction of sp³-hybridized carbons (Fsp3) is 0.200. The van der Waals surface area contributed by atoms with Gasteiger partial charge in [0.1, 0.15) is 0 Å². The van der Waals surface area contributed by atoms with Gasteiger partial charge in [-0.25, -0.2) is 17.9 Å². The molecular formula is C10H11N3O5S. The van der Waals surface area contributed by atoms with E-state index < -0.39 is 26.8 Å². The van der Waals surface area contributed by atoms with Crippen molar-refractivity contribution in [1.82, 2.24) is 14.9 Å². The van der Waals surface area contributed by atoms with E-state index in [-0.39, 0.29) is 6.54 Å². The standard InChI is InChI=1S/C10H11N3O5S/c1-6-7(4-11-13-6)5-12-19(16,17)9-3-2-8(18-9)10(14)15/h2-4,12H,5H2,1H3,(H,11,13)(H,14,15). The number of sulfonamides is 1. The molecule has 2 heterocycles. The van der Waals surface area contributed by atoms with Crippen LogP contribution in [0.25, 0.3) is 0 Å². The molecule has 19 heavy (non-hydrogen) atoms. The van der Waals surface area contributed by atoms with Crippen LogP contribution in [0.3, 0.4) is 0 Å². The van der Waals surface area contributed by atoms with Gasteiger partial charge < -0.3 is 9.52 Å². The molecule has 0 bridgehead atoms. The molecule has 0 aliphatic heterocycles. The van der Waals surface area contributed by atoms with Crippen molar-refractivity contribution < 1.29 is 22.7 Å². The van der Waals surface area contributed by atoms with Crippen LogP contribution in [-0.2, 0) is 16.6 Å². The number of rotatable bonds is 5. The van der Waals surface area contributed by atoms with Crippen LogP contribution >= 0.6 is 0 Å². The number of hydrogen-bond acceptors (Lipinski definition) is 5. The number of aryl methyl sites for hydroxylation is 1. The number of hydrogen-bond donors (Lipinski definition) is 3. The van der Waals surface area contributed by atoms with Gasteiger partial charge in [0, 0.05) is 17.8 Å². The number of furan rings is 1. The maximum absolute atomic E-state index is 11.8. The average Bonchev–Trinajstić information content (AvgIpc) is 2.95. The summed E-state index contributed by atoms with van der Waals surface area (Å²) < 4.78 is 30.7. The van der Waals surface area contributed by atoms with Gasteiger partial charge in [0.05, 0.1) is 6.20 Å². The Kier molecular flexibility index (Phi) is 3.40. The van der Waals surface area contributed by atoms with E-state index >= 15 is 0 Å². The zero-order valence-electron chi connectivity index (χ0n) is 9.87. The summed E-state index contributed by atoms with van der Waals surface area (Å²) in [5, 5.41) is 14.7. The quantitative estimate of drug-likeness (QED) is 0.734. The van der Waals surface area contributed by atoms with Gasteiger partial charge in [0.25, 0.3) is 10.0 Å². The van der Waals surface area contributed by atoms with Crippen molar-refractivity contribution in [2.75, 3.05) is 0 Å². The smallest absolute Gasteiger partial charge is 0.371 e. The normalized spacial score (nSPS) is 11.6. The Morgan fingerprint density at radius 3 is 2.79 bits per heavy atom. The summed E-state index contributed by atoms with van der Waals surface area (Å²) in [4.78, 5) is 10.6. The Labute approximate surface area is 108 Å². The van der Waals surface area contributed by atoms with Gasteiger partial charge in [-0.15, -0.1) is 0 Å². The van der Waals surface area contributed by atoms with Crippen LogP contribution in [0.15, 0.2) is 27.8 Å². The number of nitrogens with one attached hydrogen (secondary N) is 2. The second-order valence-corrected chi connectivity index (χ2v) is 5.47. The summed E-state index contributed by atoms with van der Waals surface area (Å²) in [6, 6.07) is 2.17. The van der Waals surface area contributed by atoms with Crippen molar-refractivity contribution in [1.29, 1.82) is 0 Å². The van der Waals surface area contributed by atoms with E-state index in [1.165, 1.54) is 6.20 Å². The molecule has 0 atom stereocenters.